The zero-order chi connectivity index (χ0) is 11.5. The number of nitrogens with zero attached hydrogens (tertiary/aromatic N) is 3. The first kappa shape index (κ1) is 10.2. The average Bonchev–Trinajstić information content (AvgIpc) is 2.67. The average molecular weight is 216 g/mol. The number of hydrogen-bond donors (Lipinski definition) is 1. The SMILES string of the molecule is N#Cc1cc(Cn2cc(N)cn2)ccc1F. The Morgan fingerprint density at radius 1 is 1.50 bits per heavy atom. The molecule has 2 aromatic rings. The van der Waals surface area contributed by atoms with Crippen molar-refractivity contribution in [3.8, 4) is 6.07 Å². The summed E-state index contributed by atoms with van der Waals surface area (Å²) in [4.78, 5) is 0. The minimum atomic E-state index is -0.508. The number of rotatable bonds is 2. The highest BCUT2D eigenvalue weighted by Crippen LogP contribution is 2.11. The van der Waals surface area contributed by atoms with Crippen molar-refractivity contribution in [3.63, 3.8) is 0 Å². The van der Waals surface area contributed by atoms with E-state index in [1.165, 1.54) is 18.3 Å². The molecule has 0 atom stereocenters. The van der Waals surface area contributed by atoms with Gasteiger partial charge in [-0.2, -0.15) is 10.4 Å². The molecule has 1 aromatic heterocycles. The van der Waals surface area contributed by atoms with Crippen molar-refractivity contribution in [2.24, 2.45) is 0 Å². The van der Waals surface area contributed by atoms with Gasteiger partial charge in [-0.25, -0.2) is 4.39 Å². The van der Waals surface area contributed by atoms with Crippen LogP contribution in [0.5, 0.6) is 0 Å². The summed E-state index contributed by atoms with van der Waals surface area (Å²) in [7, 11) is 0. The second-order valence-corrected chi connectivity index (χ2v) is 3.40. The van der Waals surface area contributed by atoms with Gasteiger partial charge in [0.15, 0.2) is 0 Å². The molecule has 0 aliphatic heterocycles. The summed E-state index contributed by atoms with van der Waals surface area (Å²) in [6.07, 6.45) is 3.21. The fourth-order valence-electron chi connectivity index (χ4n) is 1.41. The maximum atomic E-state index is 13.0. The quantitative estimate of drug-likeness (QED) is 0.827. The molecule has 2 rings (SSSR count). The first-order chi connectivity index (χ1) is 7.69. The molecule has 1 aromatic carbocycles. The number of anilines is 1. The zero-order valence-electron chi connectivity index (χ0n) is 8.39. The Balaban J connectivity index is 2.26. The van der Waals surface area contributed by atoms with Gasteiger partial charge in [-0.05, 0) is 17.7 Å². The van der Waals surface area contributed by atoms with Gasteiger partial charge in [0.05, 0.1) is 24.0 Å². The van der Waals surface area contributed by atoms with Crippen molar-refractivity contribution < 1.29 is 4.39 Å². The van der Waals surface area contributed by atoms with Crippen molar-refractivity contribution in [3.05, 3.63) is 47.5 Å². The lowest BCUT2D eigenvalue weighted by Gasteiger charge is -2.02. The maximum Gasteiger partial charge on any atom is 0.140 e. The summed E-state index contributed by atoms with van der Waals surface area (Å²) in [5.74, 6) is -0.508. The molecule has 80 valence electrons. The van der Waals surface area contributed by atoms with Gasteiger partial charge >= 0.3 is 0 Å². The topological polar surface area (TPSA) is 67.6 Å². The number of hydrogen-bond acceptors (Lipinski definition) is 3. The molecule has 0 amide bonds. The van der Waals surface area contributed by atoms with Crippen molar-refractivity contribution in [1.29, 1.82) is 5.26 Å². The molecule has 2 N–H and O–H groups in total. The standard InChI is InChI=1S/C11H9FN4/c12-11-2-1-8(3-9(11)4-13)6-16-7-10(14)5-15-16/h1-3,5,7H,6,14H2. The van der Waals surface area contributed by atoms with E-state index >= 15 is 0 Å². The number of halogens is 1. The minimum absolute atomic E-state index is 0.0395. The third-order valence-corrected chi connectivity index (χ3v) is 2.15. The summed E-state index contributed by atoms with van der Waals surface area (Å²) in [6, 6.07) is 6.20. The summed E-state index contributed by atoms with van der Waals surface area (Å²) in [5, 5.41) is 12.7. The van der Waals surface area contributed by atoms with Crippen LogP contribution in [0.15, 0.2) is 30.6 Å². The smallest absolute Gasteiger partial charge is 0.140 e. The van der Waals surface area contributed by atoms with Crippen molar-refractivity contribution in [2.75, 3.05) is 5.73 Å². The van der Waals surface area contributed by atoms with E-state index in [0.717, 1.165) is 5.56 Å². The van der Waals surface area contributed by atoms with E-state index < -0.39 is 5.82 Å². The van der Waals surface area contributed by atoms with E-state index in [1.807, 2.05) is 0 Å². The fraction of sp³-hybridized carbons (Fsp3) is 0.0909. The van der Waals surface area contributed by atoms with E-state index in [0.29, 0.717) is 12.2 Å². The lowest BCUT2D eigenvalue weighted by atomic mass is 10.1. The van der Waals surface area contributed by atoms with E-state index in [1.54, 1.807) is 23.0 Å². The van der Waals surface area contributed by atoms with Crippen LogP contribution in [0.4, 0.5) is 10.1 Å². The molecule has 0 spiro atoms. The van der Waals surface area contributed by atoms with Crippen LogP contribution < -0.4 is 5.73 Å². The predicted molar refractivity (Wildman–Crippen MR) is 56.9 cm³/mol. The van der Waals surface area contributed by atoms with E-state index in [4.69, 9.17) is 11.0 Å². The maximum absolute atomic E-state index is 13.0. The number of benzene rings is 1. The Hall–Kier alpha value is -2.35. The van der Waals surface area contributed by atoms with E-state index in [-0.39, 0.29) is 5.56 Å². The molecule has 0 fully saturated rings. The normalized spacial score (nSPS) is 10.0. The molecule has 16 heavy (non-hydrogen) atoms. The number of nitrogen functional groups attached to an aromatic ring is 1. The third kappa shape index (κ3) is 2.01. The highest BCUT2D eigenvalue weighted by Gasteiger charge is 2.03. The molecule has 0 saturated carbocycles. The number of nitrogens with two attached hydrogens (primary N) is 1. The zero-order valence-corrected chi connectivity index (χ0v) is 8.39. The third-order valence-electron chi connectivity index (χ3n) is 2.15. The molecule has 0 aliphatic rings. The summed E-state index contributed by atoms with van der Waals surface area (Å²) in [6.45, 7) is 0.464. The van der Waals surface area contributed by atoms with Gasteiger partial charge in [0.25, 0.3) is 0 Å². The van der Waals surface area contributed by atoms with E-state index in [2.05, 4.69) is 5.10 Å². The second kappa shape index (κ2) is 4.03. The molecule has 4 nitrogen and oxygen atoms in total. The lowest BCUT2D eigenvalue weighted by molar-refractivity contribution is 0.620. The summed E-state index contributed by atoms with van der Waals surface area (Å²) >= 11 is 0. The van der Waals surface area contributed by atoms with Crippen LogP contribution >= 0.6 is 0 Å². The molecule has 5 heteroatoms. The largest absolute Gasteiger partial charge is 0.396 e. The molecular weight excluding hydrogens is 207 g/mol. The number of aromatic nitrogens is 2. The van der Waals surface area contributed by atoms with Crippen molar-refractivity contribution in [1.82, 2.24) is 9.78 Å². The highest BCUT2D eigenvalue weighted by atomic mass is 19.1. The van der Waals surface area contributed by atoms with Gasteiger partial charge in [-0.1, -0.05) is 6.07 Å². The minimum Gasteiger partial charge on any atom is -0.396 e. The molecule has 0 bridgehead atoms. The Bertz CT molecular complexity index is 553. The van der Waals surface area contributed by atoms with Crippen molar-refractivity contribution in [2.45, 2.75) is 6.54 Å². The van der Waals surface area contributed by atoms with Gasteiger partial charge in [-0.3, -0.25) is 4.68 Å². The van der Waals surface area contributed by atoms with Gasteiger partial charge in [0.2, 0.25) is 0 Å². The summed E-state index contributed by atoms with van der Waals surface area (Å²) < 4.78 is 14.7. The molecule has 0 radical (unpaired) electrons. The van der Waals surface area contributed by atoms with Crippen LogP contribution in [0.3, 0.4) is 0 Å². The number of nitriles is 1. The Kier molecular flexibility index (Phi) is 2.56. The van der Waals surface area contributed by atoms with Crippen LogP contribution in [0, 0.1) is 17.1 Å². The second-order valence-electron chi connectivity index (χ2n) is 3.40. The van der Waals surface area contributed by atoms with Crippen LogP contribution in [0.25, 0.3) is 0 Å². The Labute approximate surface area is 91.7 Å². The molecule has 1 heterocycles. The van der Waals surface area contributed by atoms with Crippen LogP contribution in [-0.2, 0) is 6.54 Å². The van der Waals surface area contributed by atoms with Gasteiger partial charge in [-0.15, -0.1) is 0 Å². The highest BCUT2D eigenvalue weighted by molar-refractivity contribution is 5.35. The lowest BCUT2D eigenvalue weighted by Crippen LogP contribution is -2.00. The van der Waals surface area contributed by atoms with Crippen LogP contribution in [-0.4, -0.2) is 9.78 Å². The first-order valence-corrected chi connectivity index (χ1v) is 4.65. The Morgan fingerprint density at radius 2 is 2.31 bits per heavy atom. The summed E-state index contributed by atoms with van der Waals surface area (Å²) in [5.41, 5.74) is 6.93. The molecule has 0 aliphatic carbocycles. The van der Waals surface area contributed by atoms with Crippen molar-refractivity contribution >= 4 is 5.69 Å². The molecular formula is C11H9FN4. The first-order valence-electron chi connectivity index (χ1n) is 4.65. The molecule has 0 unspecified atom stereocenters. The van der Waals surface area contributed by atoms with Gasteiger partial charge in [0.1, 0.15) is 11.9 Å². The van der Waals surface area contributed by atoms with Crippen LogP contribution in [0.2, 0.25) is 0 Å². The van der Waals surface area contributed by atoms with Gasteiger partial charge in [0, 0.05) is 6.20 Å². The molecule has 0 saturated heterocycles. The monoisotopic (exact) mass is 216 g/mol. The van der Waals surface area contributed by atoms with Crippen LogP contribution in [0.1, 0.15) is 11.1 Å². The fourth-order valence-corrected chi connectivity index (χ4v) is 1.41. The Morgan fingerprint density at radius 3 is 2.94 bits per heavy atom. The van der Waals surface area contributed by atoms with Gasteiger partial charge < -0.3 is 5.73 Å². The predicted octanol–water partition coefficient (Wildman–Crippen LogP) is 1.52. The van der Waals surface area contributed by atoms with E-state index in [9.17, 15) is 4.39 Å².